The summed E-state index contributed by atoms with van der Waals surface area (Å²) in [7, 11) is 4.30. The maximum Gasteiger partial charge on any atom is 0.165 e. The summed E-state index contributed by atoms with van der Waals surface area (Å²) in [6.45, 7) is 4.13. The third-order valence-electron chi connectivity index (χ3n) is 2.56. The molecule has 0 spiro atoms. The summed E-state index contributed by atoms with van der Waals surface area (Å²) in [6.07, 6.45) is 0. The number of benzene rings is 1. The van der Waals surface area contributed by atoms with Gasteiger partial charge in [-0.1, -0.05) is 12.1 Å². The molecule has 0 saturated heterocycles. The lowest BCUT2D eigenvalue weighted by molar-refractivity contribution is -0.873. The van der Waals surface area contributed by atoms with Gasteiger partial charge in [-0.25, -0.2) is 4.98 Å². The first-order valence-electron chi connectivity index (χ1n) is 5.45. The van der Waals surface area contributed by atoms with Gasteiger partial charge in [0.05, 0.1) is 25.1 Å². The molecule has 0 aliphatic carbocycles. The fraction of sp³-hybridized carbons (Fsp3) is 0.417. The lowest BCUT2D eigenvalue weighted by atomic mass is 10.3. The van der Waals surface area contributed by atoms with Gasteiger partial charge in [0.15, 0.2) is 5.82 Å². The number of aromatic nitrogens is 2. The molecule has 15 heavy (non-hydrogen) atoms. The first-order valence-corrected chi connectivity index (χ1v) is 5.45. The van der Waals surface area contributed by atoms with E-state index in [1.807, 2.05) is 6.07 Å². The molecule has 3 heteroatoms. The van der Waals surface area contributed by atoms with Crippen molar-refractivity contribution in [3.8, 4) is 0 Å². The highest BCUT2D eigenvalue weighted by molar-refractivity contribution is 5.75. The Balaban J connectivity index is 2.54. The van der Waals surface area contributed by atoms with Crippen LogP contribution in [-0.2, 0) is 13.1 Å². The van der Waals surface area contributed by atoms with E-state index in [0.29, 0.717) is 0 Å². The Hall–Kier alpha value is -1.35. The minimum Gasteiger partial charge on any atom is -0.334 e. The summed E-state index contributed by atoms with van der Waals surface area (Å²) in [5.74, 6) is 1.18. The lowest BCUT2D eigenvalue weighted by Crippen LogP contribution is -3.04. The van der Waals surface area contributed by atoms with Crippen molar-refractivity contribution in [2.45, 2.75) is 20.0 Å². The molecule has 1 N–H and O–H groups in total. The summed E-state index contributed by atoms with van der Waals surface area (Å²) in [5.41, 5.74) is 2.35. The number of nitrogens with zero attached hydrogens (tertiary/aromatic N) is 2. The van der Waals surface area contributed by atoms with Crippen LogP contribution in [-0.4, -0.2) is 23.6 Å². The van der Waals surface area contributed by atoms with Crippen LogP contribution in [0.25, 0.3) is 11.0 Å². The zero-order valence-corrected chi connectivity index (χ0v) is 9.62. The normalized spacial score (nSPS) is 11.5. The van der Waals surface area contributed by atoms with E-state index in [4.69, 9.17) is 0 Å². The fourth-order valence-corrected chi connectivity index (χ4v) is 1.93. The van der Waals surface area contributed by atoms with Crippen LogP contribution in [0.15, 0.2) is 24.3 Å². The van der Waals surface area contributed by atoms with Gasteiger partial charge in [0, 0.05) is 6.54 Å². The van der Waals surface area contributed by atoms with Crippen molar-refractivity contribution in [1.82, 2.24) is 9.55 Å². The van der Waals surface area contributed by atoms with Crippen LogP contribution in [0.1, 0.15) is 12.7 Å². The Morgan fingerprint density at radius 2 is 2.00 bits per heavy atom. The second kappa shape index (κ2) is 4.03. The number of aryl methyl sites for hydroxylation is 1. The second-order valence-electron chi connectivity index (χ2n) is 4.14. The highest BCUT2D eigenvalue weighted by Gasteiger charge is 2.10. The topological polar surface area (TPSA) is 22.3 Å². The molecular weight excluding hydrogens is 186 g/mol. The summed E-state index contributed by atoms with van der Waals surface area (Å²) in [6, 6.07) is 8.33. The van der Waals surface area contributed by atoms with Gasteiger partial charge in [-0.05, 0) is 19.1 Å². The average molecular weight is 204 g/mol. The van der Waals surface area contributed by atoms with E-state index in [2.05, 4.69) is 48.8 Å². The SMILES string of the molecule is CCn1c(C[NH+](C)C)nc2ccccc21. The Labute approximate surface area is 90.3 Å². The minimum absolute atomic E-state index is 0.975. The first kappa shape index (κ1) is 10.2. The molecule has 1 heterocycles. The number of rotatable bonds is 3. The minimum atomic E-state index is 0.975. The summed E-state index contributed by atoms with van der Waals surface area (Å²) in [5, 5.41) is 0. The summed E-state index contributed by atoms with van der Waals surface area (Å²) < 4.78 is 2.29. The molecule has 0 bridgehead atoms. The average Bonchev–Trinajstić information content (AvgIpc) is 2.53. The van der Waals surface area contributed by atoms with Crippen LogP contribution in [0.2, 0.25) is 0 Å². The predicted octanol–water partition coefficient (Wildman–Crippen LogP) is 0.701. The fourth-order valence-electron chi connectivity index (χ4n) is 1.93. The first-order chi connectivity index (χ1) is 7.22. The number of para-hydroxylation sites is 2. The molecule has 0 aliphatic heterocycles. The van der Waals surface area contributed by atoms with Crippen molar-refractivity contribution in [2.24, 2.45) is 0 Å². The molecule has 0 aliphatic rings. The van der Waals surface area contributed by atoms with E-state index in [1.54, 1.807) is 0 Å². The number of hydrogen-bond acceptors (Lipinski definition) is 1. The van der Waals surface area contributed by atoms with Crippen molar-refractivity contribution in [3.63, 3.8) is 0 Å². The lowest BCUT2D eigenvalue weighted by Gasteiger charge is -2.08. The Bertz CT molecular complexity index is 457. The number of quaternary nitrogens is 1. The number of fused-ring (bicyclic) bond motifs is 1. The van der Waals surface area contributed by atoms with E-state index in [9.17, 15) is 0 Å². The molecule has 0 atom stereocenters. The van der Waals surface area contributed by atoms with Crippen LogP contribution >= 0.6 is 0 Å². The molecule has 0 fully saturated rings. The van der Waals surface area contributed by atoms with E-state index in [0.717, 1.165) is 18.6 Å². The van der Waals surface area contributed by atoms with Crippen LogP contribution in [0.4, 0.5) is 0 Å². The van der Waals surface area contributed by atoms with Gasteiger partial charge < -0.3 is 9.47 Å². The van der Waals surface area contributed by atoms with Gasteiger partial charge in [-0.3, -0.25) is 0 Å². The van der Waals surface area contributed by atoms with Crippen molar-refractivity contribution in [2.75, 3.05) is 14.1 Å². The predicted molar refractivity (Wildman–Crippen MR) is 61.9 cm³/mol. The van der Waals surface area contributed by atoms with Crippen molar-refractivity contribution in [1.29, 1.82) is 0 Å². The van der Waals surface area contributed by atoms with E-state index >= 15 is 0 Å². The third kappa shape index (κ3) is 1.88. The molecule has 80 valence electrons. The van der Waals surface area contributed by atoms with Gasteiger partial charge in [0.1, 0.15) is 6.54 Å². The molecular formula is C12H18N3+. The molecule has 1 aromatic carbocycles. The zero-order valence-electron chi connectivity index (χ0n) is 9.62. The number of imidazole rings is 1. The van der Waals surface area contributed by atoms with Crippen molar-refractivity contribution >= 4 is 11.0 Å². The van der Waals surface area contributed by atoms with Crippen LogP contribution in [0.3, 0.4) is 0 Å². The standard InChI is InChI=1S/C12H17N3/c1-4-15-11-8-6-5-7-10(11)13-12(15)9-14(2)3/h5-8H,4,9H2,1-3H3/p+1. The Morgan fingerprint density at radius 1 is 1.27 bits per heavy atom. The molecule has 2 aromatic rings. The smallest absolute Gasteiger partial charge is 0.165 e. The zero-order chi connectivity index (χ0) is 10.8. The number of hydrogen-bond donors (Lipinski definition) is 1. The van der Waals surface area contributed by atoms with Gasteiger partial charge >= 0.3 is 0 Å². The third-order valence-corrected chi connectivity index (χ3v) is 2.56. The molecule has 0 unspecified atom stereocenters. The van der Waals surface area contributed by atoms with Gasteiger partial charge in [-0.2, -0.15) is 0 Å². The largest absolute Gasteiger partial charge is 0.334 e. The Kier molecular flexibility index (Phi) is 2.73. The Morgan fingerprint density at radius 3 is 2.67 bits per heavy atom. The molecule has 0 radical (unpaired) electrons. The second-order valence-corrected chi connectivity index (χ2v) is 4.14. The van der Waals surface area contributed by atoms with E-state index < -0.39 is 0 Å². The molecule has 1 aromatic heterocycles. The highest BCUT2D eigenvalue weighted by Crippen LogP contribution is 2.14. The summed E-state index contributed by atoms with van der Waals surface area (Å²) in [4.78, 5) is 6.07. The van der Waals surface area contributed by atoms with Crippen molar-refractivity contribution < 1.29 is 4.90 Å². The summed E-state index contributed by atoms with van der Waals surface area (Å²) >= 11 is 0. The van der Waals surface area contributed by atoms with Gasteiger partial charge in [0.2, 0.25) is 0 Å². The maximum absolute atomic E-state index is 4.67. The van der Waals surface area contributed by atoms with Crippen LogP contribution in [0.5, 0.6) is 0 Å². The maximum atomic E-state index is 4.67. The molecule has 2 rings (SSSR count). The molecule has 3 nitrogen and oxygen atoms in total. The van der Waals surface area contributed by atoms with Gasteiger partial charge in [-0.15, -0.1) is 0 Å². The van der Waals surface area contributed by atoms with E-state index in [-0.39, 0.29) is 0 Å². The highest BCUT2D eigenvalue weighted by atomic mass is 15.1. The van der Waals surface area contributed by atoms with E-state index in [1.165, 1.54) is 16.2 Å². The monoisotopic (exact) mass is 204 g/mol. The van der Waals surface area contributed by atoms with Crippen LogP contribution < -0.4 is 4.90 Å². The quantitative estimate of drug-likeness (QED) is 0.781. The molecule has 0 amide bonds. The van der Waals surface area contributed by atoms with Gasteiger partial charge in [0.25, 0.3) is 0 Å². The number of nitrogens with one attached hydrogen (secondary N) is 1. The molecule has 0 saturated carbocycles. The van der Waals surface area contributed by atoms with Crippen molar-refractivity contribution in [3.05, 3.63) is 30.1 Å². The van der Waals surface area contributed by atoms with Crippen LogP contribution in [0, 0.1) is 0 Å².